The van der Waals surface area contributed by atoms with Crippen molar-refractivity contribution < 1.29 is 14.3 Å². The zero-order valence-corrected chi connectivity index (χ0v) is 13.8. The van der Waals surface area contributed by atoms with Crippen LogP contribution in [0, 0.1) is 5.92 Å². The first-order valence-corrected chi connectivity index (χ1v) is 7.84. The highest BCUT2D eigenvalue weighted by atomic mass is 32.1. The summed E-state index contributed by atoms with van der Waals surface area (Å²) in [7, 11) is 0. The minimum Gasteiger partial charge on any atom is -0.466 e. The van der Waals surface area contributed by atoms with E-state index < -0.39 is 6.04 Å². The van der Waals surface area contributed by atoms with E-state index in [0.29, 0.717) is 37.3 Å². The monoisotopic (exact) mass is 315 g/mol. The van der Waals surface area contributed by atoms with Gasteiger partial charge >= 0.3 is 5.97 Å². The number of carbonyl (C=O) groups excluding carboxylic acids is 2. The number of hydrogen-bond donors (Lipinski definition) is 2. The van der Waals surface area contributed by atoms with E-state index in [2.05, 4.69) is 24.5 Å². The predicted octanol–water partition coefficient (Wildman–Crippen LogP) is 0.661. The maximum absolute atomic E-state index is 12.0. The van der Waals surface area contributed by atoms with E-state index in [9.17, 15) is 9.59 Å². The number of esters is 1. The second kappa shape index (κ2) is 8.81. The number of nitrogens with zero attached hydrogens (tertiary/aromatic N) is 1. The Kier molecular flexibility index (Phi) is 7.42. The van der Waals surface area contributed by atoms with Crippen LogP contribution >= 0.6 is 12.2 Å². The molecule has 7 heteroatoms. The van der Waals surface area contributed by atoms with E-state index in [1.807, 2.05) is 6.92 Å². The Morgan fingerprint density at radius 2 is 2.29 bits per heavy atom. The van der Waals surface area contributed by atoms with E-state index in [-0.39, 0.29) is 18.3 Å². The fourth-order valence-corrected chi connectivity index (χ4v) is 2.40. The van der Waals surface area contributed by atoms with Crippen LogP contribution in [-0.4, -0.2) is 54.2 Å². The number of thiocarbonyl (C=S) groups is 1. The molecule has 6 nitrogen and oxygen atoms in total. The molecule has 21 heavy (non-hydrogen) atoms. The first kappa shape index (κ1) is 17.7. The normalized spacial score (nSPS) is 18.4. The zero-order chi connectivity index (χ0) is 15.8. The van der Waals surface area contributed by atoms with Crippen LogP contribution in [0.25, 0.3) is 0 Å². The molecule has 0 bridgehead atoms. The molecule has 1 fully saturated rings. The number of rotatable bonds is 6. The Hall–Kier alpha value is -1.37. The minimum absolute atomic E-state index is 0.0233. The SMILES string of the molecule is CCNC(=S)N1CCNC(=O)C1CC(=O)OCCC(C)C. The number of hydrogen-bond acceptors (Lipinski definition) is 4. The molecule has 1 saturated heterocycles. The van der Waals surface area contributed by atoms with Crippen molar-refractivity contribution in [3.05, 3.63) is 0 Å². The fraction of sp³-hybridized carbons (Fsp3) is 0.786. The predicted molar refractivity (Wildman–Crippen MR) is 84.8 cm³/mol. The van der Waals surface area contributed by atoms with Gasteiger partial charge in [-0.25, -0.2) is 0 Å². The summed E-state index contributed by atoms with van der Waals surface area (Å²) in [5.41, 5.74) is 0. The standard InChI is InChI=1S/C14H25N3O3S/c1-4-15-14(21)17-7-6-16-13(19)11(17)9-12(18)20-8-5-10(2)3/h10-11H,4-9H2,1-3H3,(H,15,21)(H,16,19). The fourth-order valence-electron chi connectivity index (χ4n) is 2.04. The van der Waals surface area contributed by atoms with Crippen LogP contribution in [0.4, 0.5) is 0 Å². The van der Waals surface area contributed by atoms with E-state index in [1.54, 1.807) is 4.90 Å². The highest BCUT2D eigenvalue weighted by Gasteiger charge is 2.33. The Labute approximate surface area is 131 Å². The molecule has 0 spiro atoms. The lowest BCUT2D eigenvalue weighted by atomic mass is 10.1. The Morgan fingerprint density at radius 3 is 2.90 bits per heavy atom. The van der Waals surface area contributed by atoms with Crippen molar-refractivity contribution in [2.24, 2.45) is 5.92 Å². The van der Waals surface area contributed by atoms with Crippen molar-refractivity contribution in [2.45, 2.75) is 39.7 Å². The van der Waals surface area contributed by atoms with Crippen LogP contribution in [0.2, 0.25) is 0 Å². The van der Waals surface area contributed by atoms with Gasteiger partial charge in [-0.15, -0.1) is 0 Å². The van der Waals surface area contributed by atoms with Crippen LogP contribution in [0.5, 0.6) is 0 Å². The lowest BCUT2D eigenvalue weighted by Crippen LogP contribution is -2.59. The number of carbonyl (C=O) groups is 2. The second-order valence-electron chi connectivity index (χ2n) is 5.44. The Bertz CT molecular complexity index is 388. The highest BCUT2D eigenvalue weighted by Crippen LogP contribution is 2.11. The van der Waals surface area contributed by atoms with Crippen molar-refractivity contribution in [1.82, 2.24) is 15.5 Å². The number of ether oxygens (including phenoxy) is 1. The summed E-state index contributed by atoms with van der Waals surface area (Å²) in [5.74, 6) is -0.0575. The minimum atomic E-state index is -0.586. The molecule has 1 aliphatic heterocycles. The van der Waals surface area contributed by atoms with Crippen LogP contribution in [0.1, 0.15) is 33.6 Å². The lowest BCUT2D eigenvalue weighted by Gasteiger charge is -2.36. The molecule has 0 radical (unpaired) electrons. The van der Waals surface area contributed by atoms with Gasteiger partial charge in [-0.3, -0.25) is 9.59 Å². The maximum atomic E-state index is 12.0. The van der Waals surface area contributed by atoms with E-state index in [1.165, 1.54) is 0 Å². The van der Waals surface area contributed by atoms with Gasteiger partial charge in [0, 0.05) is 19.6 Å². The molecule has 1 aliphatic rings. The third-order valence-electron chi connectivity index (χ3n) is 3.24. The van der Waals surface area contributed by atoms with Crippen LogP contribution < -0.4 is 10.6 Å². The van der Waals surface area contributed by atoms with Gasteiger partial charge in [0.1, 0.15) is 6.04 Å². The van der Waals surface area contributed by atoms with Gasteiger partial charge in [0.05, 0.1) is 13.0 Å². The summed E-state index contributed by atoms with van der Waals surface area (Å²) in [6, 6.07) is -0.586. The Morgan fingerprint density at radius 1 is 1.57 bits per heavy atom. The molecule has 1 heterocycles. The van der Waals surface area contributed by atoms with Gasteiger partial charge in [-0.05, 0) is 31.5 Å². The van der Waals surface area contributed by atoms with Gasteiger partial charge in [0.15, 0.2) is 5.11 Å². The molecule has 2 N–H and O–H groups in total. The van der Waals surface area contributed by atoms with Gasteiger partial charge < -0.3 is 20.3 Å². The molecule has 0 saturated carbocycles. The molecule has 0 aromatic rings. The third kappa shape index (κ3) is 5.87. The quantitative estimate of drug-likeness (QED) is 0.554. The summed E-state index contributed by atoms with van der Waals surface area (Å²) >= 11 is 5.26. The van der Waals surface area contributed by atoms with Crippen molar-refractivity contribution in [3.63, 3.8) is 0 Å². The van der Waals surface area contributed by atoms with Crippen molar-refractivity contribution >= 4 is 29.2 Å². The molecular weight excluding hydrogens is 290 g/mol. The molecule has 0 aliphatic carbocycles. The smallest absolute Gasteiger partial charge is 0.308 e. The number of piperazine rings is 1. The van der Waals surface area contributed by atoms with E-state index in [4.69, 9.17) is 17.0 Å². The average molecular weight is 315 g/mol. The number of nitrogens with one attached hydrogen (secondary N) is 2. The zero-order valence-electron chi connectivity index (χ0n) is 13.0. The molecule has 1 rings (SSSR count). The molecular formula is C14H25N3O3S. The van der Waals surface area contributed by atoms with Crippen LogP contribution in [0.3, 0.4) is 0 Å². The first-order valence-electron chi connectivity index (χ1n) is 7.43. The highest BCUT2D eigenvalue weighted by molar-refractivity contribution is 7.80. The molecule has 1 unspecified atom stereocenters. The molecule has 1 amide bonds. The number of amides is 1. The third-order valence-corrected chi connectivity index (χ3v) is 3.62. The van der Waals surface area contributed by atoms with E-state index in [0.717, 1.165) is 6.42 Å². The van der Waals surface area contributed by atoms with Crippen molar-refractivity contribution in [1.29, 1.82) is 0 Å². The van der Waals surface area contributed by atoms with Gasteiger partial charge in [0.25, 0.3) is 0 Å². The maximum Gasteiger partial charge on any atom is 0.308 e. The first-order chi connectivity index (χ1) is 9.95. The second-order valence-corrected chi connectivity index (χ2v) is 5.83. The van der Waals surface area contributed by atoms with Crippen molar-refractivity contribution in [3.8, 4) is 0 Å². The Balaban J connectivity index is 2.56. The summed E-state index contributed by atoms with van der Waals surface area (Å²) in [4.78, 5) is 25.6. The lowest BCUT2D eigenvalue weighted by molar-refractivity contribution is -0.147. The van der Waals surface area contributed by atoms with Crippen LogP contribution in [0.15, 0.2) is 0 Å². The van der Waals surface area contributed by atoms with Gasteiger partial charge in [-0.2, -0.15) is 0 Å². The van der Waals surface area contributed by atoms with Crippen molar-refractivity contribution in [2.75, 3.05) is 26.2 Å². The average Bonchev–Trinajstić information content (AvgIpc) is 2.40. The summed E-state index contributed by atoms with van der Waals surface area (Å²) in [6.07, 6.45) is 0.845. The molecule has 1 atom stereocenters. The summed E-state index contributed by atoms with van der Waals surface area (Å²) in [6.45, 7) is 8.28. The largest absolute Gasteiger partial charge is 0.466 e. The summed E-state index contributed by atoms with van der Waals surface area (Å²) in [5, 5.41) is 6.29. The molecule has 0 aromatic heterocycles. The molecule has 0 aromatic carbocycles. The van der Waals surface area contributed by atoms with Gasteiger partial charge in [0.2, 0.25) is 5.91 Å². The van der Waals surface area contributed by atoms with Crippen LogP contribution in [-0.2, 0) is 14.3 Å². The topological polar surface area (TPSA) is 70.7 Å². The molecule has 120 valence electrons. The van der Waals surface area contributed by atoms with E-state index >= 15 is 0 Å². The summed E-state index contributed by atoms with van der Waals surface area (Å²) < 4.78 is 5.18. The van der Waals surface area contributed by atoms with Gasteiger partial charge in [-0.1, -0.05) is 13.8 Å².